The Morgan fingerprint density at radius 3 is 2.00 bits per heavy atom. The van der Waals surface area contributed by atoms with Crippen LogP contribution in [-0.4, -0.2) is 9.97 Å². The summed E-state index contributed by atoms with van der Waals surface area (Å²) in [6, 6.07) is 4.23. The summed E-state index contributed by atoms with van der Waals surface area (Å²) >= 11 is 0. The van der Waals surface area contributed by atoms with Gasteiger partial charge in [0.25, 0.3) is 0 Å². The zero-order valence-corrected chi connectivity index (χ0v) is 11.0. The molecule has 0 amide bonds. The van der Waals surface area contributed by atoms with Crippen molar-refractivity contribution in [1.29, 1.82) is 0 Å². The third kappa shape index (κ3) is 2.38. The van der Waals surface area contributed by atoms with Crippen molar-refractivity contribution in [3.63, 3.8) is 0 Å². The van der Waals surface area contributed by atoms with Crippen LogP contribution in [0.3, 0.4) is 0 Å². The van der Waals surface area contributed by atoms with Crippen molar-refractivity contribution in [3.05, 3.63) is 34.6 Å². The van der Waals surface area contributed by atoms with Gasteiger partial charge in [0, 0.05) is 0 Å². The Balaban J connectivity index is 0.000000606. The molecule has 2 nitrogen and oxygen atoms in total. The first-order chi connectivity index (χ1) is 7.58. The fourth-order valence-corrected chi connectivity index (χ4v) is 1.68. The summed E-state index contributed by atoms with van der Waals surface area (Å²) in [6.07, 6.45) is 0. The van der Waals surface area contributed by atoms with Crippen molar-refractivity contribution in [1.82, 2.24) is 9.97 Å². The molecule has 2 heteroatoms. The number of aryl methyl sites for hydroxylation is 4. The van der Waals surface area contributed by atoms with Gasteiger partial charge >= 0.3 is 0 Å². The van der Waals surface area contributed by atoms with Crippen LogP contribution in [0.4, 0.5) is 0 Å². The predicted octanol–water partition coefficient (Wildman–Crippen LogP) is 3.89. The molecule has 2 rings (SSSR count). The van der Waals surface area contributed by atoms with Gasteiger partial charge in [-0.2, -0.15) is 0 Å². The van der Waals surface area contributed by atoms with Crippen LogP contribution in [0.1, 0.15) is 36.4 Å². The molecule has 0 aliphatic heterocycles. The summed E-state index contributed by atoms with van der Waals surface area (Å²) in [6.45, 7) is 12.2. The monoisotopic (exact) mass is 216 g/mol. The Morgan fingerprint density at radius 1 is 0.812 bits per heavy atom. The lowest BCUT2D eigenvalue weighted by Crippen LogP contribution is -1.95. The van der Waals surface area contributed by atoms with Crippen LogP contribution < -0.4 is 0 Å². The first-order valence-electron chi connectivity index (χ1n) is 5.80. The zero-order valence-electron chi connectivity index (χ0n) is 11.0. The van der Waals surface area contributed by atoms with E-state index in [1.54, 1.807) is 0 Å². The minimum absolute atomic E-state index is 1.01. The van der Waals surface area contributed by atoms with Crippen LogP contribution in [0.15, 0.2) is 12.1 Å². The van der Waals surface area contributed by atoms with E-state index in [-0.39, 0.29) is 0 Å². The Hall–Kier alpha value is -1.44. The Labute approximate surface area is 97.7 Å². The Morgan fingerprint density at radius 2 is 1.38 bits per heavy atom. The smallest absolute Gasteiger partial charge is 0.0919 e. The van der Waals surface area contributed by atoms with Gasteiger partial charge < -0.3 is 0 Å². The summed E-state index contributed by atoms with van der Waals surface area (Å²) in [4.78, 5) is 9.09. The molecule has 0 spiro atoms. The van der Waals surface area contributed by atoms with Gasteiger partial charge in [0.1, 0.15) is 0 Å². The van der Waals surface area contributed by atoms with Gasteiger partial charge in [0.2, 0.25) is 0 Å². The molecular formula is C14H20N2. The summed E-state index contributed by atoms with van der Waals surface area (Å²) in [5.74, 6) is 0. The normalized spacial score (nSPS) is 9.88. The number of rotatable bonds is 0. The molecule has 0 saturated heterocycles. The maximum atomic E-state index is 4.55. The van der Waals surface area contributed by atoms with E-state index in [0.29, 0.717) is 0 Å². The lowest BCUT2D eigenvalue weighted by Gasteiger charge is -2.05. The highest BCUT2D eigenvalue weighted by atomic mass is 14.8. The van der Waals surface area contributed by atoms with Crippen molar-refractivity contribution in [3.8, 4) is 0 Å². The fraction of sp³-hybridized carbons (Fsp3) is 0.429. The minimum atomic E-state index is 1.01. The molecule has 0 bridgehead atoms. The molecular weight excluding hydrogens is 196 g/mol. The maximum absolute atomic E-state index is 4.55. The van der Waals surface area contributed by atoms with E-state index in [2.05, 4.69) is 35.9 Å². The van der Waals surface area contributed by atoms with Gasteiger partial charge in [-0.15, -0.1) is 0 Å². The molecule has 0 N–H and O–H groups in total. The molecule has 2 aromatic rings. The van der Waals surface area contributed by atoms with E-state index < -0.39 is 0 Å². The lowest BCUT2D eigenvalue weighted by atomic mass is 10.1. The second-order valence-electron chi connectivity index (χ2n) is 3.84. The first-order valence-corrected chi connectivity index (χ1v) is 5.80. The molecule has 0 aliphatic rings. The van der Waals surface area contributed by atoms with Crippen LogP contribution >= 0.6 is 0 Å². The predicted molar refractivity (Wildman–Crippen MR) is 69.8 cm³/mol. The second-order valence-corrected chi connectivity index (χ2v) is 3.84. The fourth-order valence-electron chi connectivity index (χ4n) is 1.68. The second kappa shape index (κ2) is 5.06. The van der Waals surface area contributed by atoms with E-state index in [0.717, 1.165) is 22.4 Å². The molecule has 1 aromatic carbocycles. The molecule has 1 heterocycles. The van der Waals surface area contributed by atoms with Gasteiger partial charge in [-0.05, 0) is 44.9 Å². The Kier molecular flexibility index (Phi) is 3.99. The highest BCUT2D eigenvalue weighted by Gasteiger charge is 2.04. The molecule has 1 aromatic heterocycles. The van der Waals surface area contributed by atoms with E-state index in [9.17, 15) is 0 Å². The van der Waals surface area contributed by atoms with Gasteiger partial charge in [-0.1, -0.05) is 19.9 Å². The number of aromatic nitrogens is 2. The van der Waals surface area contributed by atoms with Crippen LogP contribution in [0.2, 0.25) is 0 Å². The molecule has 0 unspecified atom stereocenters. The quantitative estimate of drug-likeness (QED) is 0.667. The van der Waals surface area contributed by atoms with Crippen molar-refractivity contribution in [2.45, 2.75) is 41.5 Å². The van der Waals surface area contributed by atoms with Crippen molar-refractivity contribution in [2.24, 2.45) is 0 Å². The highest BCUT2D eigenvalue weighted by molar-refractivity contribution is 5.78. The van der Waals surface area contributed by atoms with Crippen molar-refractivity contribution in [2.75, 3.05) is 0 Å². The SMILES string of the molecule is CC.Cc1cc(C)c2nc(C)c(C)nc2c1. The molecule has 0 atom stereocenters. The van der Waals surface area contributed by atoms with Gasteiger partial charge in [-0.3, -0.25) is 0 Å². The molecule has 0 saturated carbocycles. The molecule has 16 heavy (non-hydrogen) atoms. The third-order valence-corrected chi connectivity index (χ3v) is 2.52. The zero-order chi connectivity index (χ0) is 12.3. The number of benzene rings is 1. The number of fused-ring (bicyclic) bond motifs is 1. The number of hydrogen-bond donors (Lipinski definition) is 0. The summed E-state index contributed by atoms with van der Waals surface area (Å²) in [5.41, 5.74) is 6.51. The van der Waals surface area contributed by atoms with Gasteiger partial charge in [-0.25, -0.2) is 9.97 Å². The summed E-state index contributed by atoms with van der Waals surface area (Å²) in [7, 11) is 0. The lowest BCUT2D eigenvalue weighted by molar-refractivity contribution is 1.09. The standard InChI is InChI=1S/C12H14N2.C2H6/c1-7-5-8(2)12-11(6-7)13-9(3)10(4)14-12;1-2/h5-6H,1-4H3;1-2H3. The summed E-state index contributed by atoms with van der Waals surface area (Å²) in [5, 5.41) is 0. The summed E-state index contributed by atoms with van der Waals surface area (Å²) < 4.78 is 0. The van der Waals surface area contributed by atoms with Crippen LogP contribution in [0, 0.1) is 27.7 Å². The molecule has 86 valence electrons. The van der Waals surface area contributed by atoms with E-state index in [4.69, 9.17) is 0 Å². The average Bonchev–Trinajstić information content (AvgIpc) is 2.24. The average molecular weight is 216 g/mol. The third-order valence-electron chi connectivity index (χ3n) is 2.52. The molecule has 0 aliphatic carbocycles. The Bertz CT molecular complexity index is 502. The molecule has 0 fully saturated rings. The van der Waals surface area contributed by atoms with Crippen LogP contribution in [0.25, 0.3) is 11.0 Å². The molecule has 0 radical (unpaired) electrons. The van der Waals surface area contributed by atoms with Crippen LogP contribution in [0.5, 0.6) is 0 Å². The van der Waals surface area contributed by atoms with Crippen molar-refractivity contribution < 1.29 is 0 Å². The topological polar surface area (TPSA) is 25.8 Å². The maximum Gasteiger partial charge on any atom is 0.0919 e. The van der Waals surface area contributed by atoms with E-state index in [1.807, 2.05) is 27.7 Å². The highest BCUT2D eigenvalue weighted by Crippen LogP contribution is 2.18. The van der Waals surface area contributed by atoms with Crippen LogP contribution in [-0.2, 0) is 0 Å². The minimum Gasteiger partial charge on any atom is -0.250 e. The van der Waals surface area contributed by atoms with Gasteiger partial charge in [0.15, 0.2) is 0 Å². The first kappa shape index (κ1) is 12.6. The largest absolute Gasteiger partial charge is 0.250 e. The van der Waals surface area contributed by atoms with Crippen molar-refractivity contribution >= 4 is 11.0 Å². The number of nitrogens with zero attached hydrogens (tertiary/aromatic N) is 2. The van der Waals surface area contributed by atoms with E-state index >= 15 is 0 Å². The number of hydrogen-bond acceptors (Lipinski definition) is 2. The van der Waals surface area contributed by atoms with E-state index in [1.165, 1.54) is 11.1 Å². The van der Waals surface area contributed by atoms with Gasteiger partial charge in [0.05, 0.1) is 22.4 Å².